The van der Waals surface area contributed by atoms with Crippen LogP contribution in [-0.2, 0) is 6.11 Å². The number of hydrogen-bond acceptors (Lipinski definition) is 1. The van der Waals surface area contributed by atoms with Gasteiger partial charge in [-0.05, 0) is 110 Å². The van der Waals surface area contributed by atoms with Crippen molar-refractivity contribution in [2.45, 2.75) is 57.5 Å². The molecule has 0 saturated heterocycles. The molecule has 1 aliphatic rings. The second-order valence-electron chi connectivity index (χ2n) is 11.4. The number of alkyl halides is 2. The molecule has 1 aliphatic carbocycles. The predicted molar refractivity (Wildman–Crippen MR) is 157 cm³/mol. The highest BCUT2D eigenvalue weighted by atomic mass is 19.3. The zero-order chi connectivity index (χ0) is 33.2. The Kier molecular flexibility index (Phi) is 9.84. The van der Waals surface area contributed by atoms with Crippen LogP contribution in [-0.4, -0.2) is 0 Å². The third-order valence-corrected chi connectivity index (χ3v) is 8.31. The van der Waals surface area contributed by atoms with Crippen LogP contribution >= 0.6 is 0 Å². The summed E-state index contributed by atoms with van der Waals surface area (Å²) in [6, 6.07) is 8.58. The Morgan fingerprint density at radius 2 is 1.22 bits per heavy atom. The summed E-state index contributed by atoms with van der Waals surface area (Å²) in [4.78, 5) is 0. The van der Waals surface area contributed by atoms with Gasteiger partial charge in [-0.1, -0.05) is 31.2 Å². The molecule has 0 amide bonds. The molecule has 1 nitrogen and oxygen atoms in total. The second kappa shape index (κ2) is 13.6. The quantitative estimate of drug-likeness (QED) is 0.0997. The molecule has 1 fully saturated rings. The zero-order valence-corrected chi connectivity index (χ0v) is 24.6. The normalized spacial score (nSPS) is 17.1. The Labute approximate surface area is 260 Å². The lowest BCUT2D eigenvalue weighted by Gasteiger charge is -2.29. The summed E-state index contributed by atoms with van der Waals surface area (Å²) in [6.45, 7) is 2.05. The van der Waals surface area contributed by atoms with Gasteiger partial charge in [-0.25, -0.2) is 30.7 Å². The van der Waals surface area contributed by atoms with Crippen LogP contribution in [0.15, 0.2) is 72.8 Å². The molecule has 5 rings (SSSR count). The summed E-state index contributed by atoms with van der Waals surface area (Å²) < 4.78 is 135. The lowest BCUT2D eigenvalue weighted by Crippen LogP contribution is -2.25. The van der Waals surface area contributed by atoms with Gasteiger partial charge in [-0.2, -0.15) is 8.78 Å². The lowest BCUT2D eigenvalue weighted by atomic mass is 9.77. The second-order valence-corrected chi connectivity index (χ2v) is 11.4. The summed E-state index contributed by atoms with van der Waals surface area (Å²) >= 11 is 0. The molecule has 0 radical (unpaired) electrons. The summed E-state index contributed by atoms with van der Waals surface area (Å²) in [7, 11) is 0. The number of ether oxygens (including phenoxy) is 1. The lowest BCUT2D eigenvalue weighted by molar-refractivity contribution is -0.189. The van der Waals surface area contributed by atoms with E-state index in [0.29, 0.717) is 42.5 Å². The van der Waals surface area contributed by atoms with Gasteiger partial charge in [0.05, 0.1) is 0 Å². The molecular weight excluding hydrogens is 619 g/mol. The molecule has 0 heterocycles. The Balaban J connectivity index is 1.31. The Morgan fingerprint density at radius 3 is 1.80 bits per heavy atom. The van der Waals surface area contributed by atoms with Crippen LogP contribution in [0.4, 0.5) is 39.5 Å². The van der Waals surface area contributed by atoms with E-state index in [0.717, 1.165) is 62.1 Å². The van der Waals surface area contributed by atoms with Crippen molar-refractivity contribution in [2.75, 3.05) is 0 Å². The number of benzene rings is 4. The van der Waals surface area contributed by atoms with E-state index < -0.39 is 58.1 Å². The Morgan fingerprint density at radius 1 is 0.652 bits per heavy atom. The Bertz CT molecular complexity index is 1710. The fourth-order valence-corrected chi connectivity index (χ4v) is 5.91. The van der Waals surface area contributed by atoms with E-state index in [1.54, 1.807) is 0 Å². The predicted octanol–water partition coefficient (Wildman–Crippen LogP) is 11.8. The van der Waals surface area contributed by atoms with Crippen LogP contribution in [0.3, 0.4) is 0 Å². The smallest absolute Gasteiger partial charge is 0.429 e. The van der Waals surface area contributed by atoms with Gasteiger partial charge in [-0.3, -0.25) is 0 Å². The van der Waals surface area contributed by atoms with Gasteiger partial charge in [-0.15, -0.1) is 0 Å². The molecule has 242 valence electrons. The van der Waals surface area contributed by atoms with Crippen molar-refractivity contribution in [1.82, 2.24) is 0 Å². The van der Waals surface area contributed by atoms with Crippen molar-refractivity contribution >= 4 is 0 Å². The minimum atomic E-state index is -4.50. The van der Waals surface area contributed by atoms with Gasteiger partial charge < -0.3 is 4.74 Å². The molecule has 0 unspecified atom stereocenters. The molecule has 46 heavy (non-hydrogen) atoms. The first-order chi connectivity index (χ1) is 21.9. The van der Waals surface area contributed by atoms with Crippen molar-refractivity contribution in [2.24, 2.45) is 5.92 Å². The molecule has 0 aromatic heterocycles. The zero-order valence-electron chi connectivity index (χ0n) is 24.6. The molecule has 0 N–H and O–H groups in total. The molecular formula is C36H29F9O. The molecule has 10 heteroatoms. The van der Waals surface area contributed by atoms with E-state index in [1.807, 2.05) is 6.92 Å². The summed E-state index contributed by atoms with van der Waals surface area (Å²) in [5, 5.41) is 0. The standard InChI is InChI=1S/C36H29F9O/c1-2-3-4-5-20-6-8-21(9-7-20)23-15-30(39)34(31(40)16-23)36(44,45)46-25-11-13-26(29(38)19-25)22-10-12-27(28(37)14-22)24-17-32(41)35(43)33(42)18-24/h3-4,10-21H,2,5-9H2,1H3/b4-3-. The molecule has 4 aromatic carbocycles. The minimum absolute atomic E-state index is 0.0701. The first-order valence-corrected chi connectivity index (χ1v) is 14.8. The molecule has 0 aliphatic heterocycles. The molecule has 0 spiro atoms. The monoisotopic (exact) mass is 648 g/mol. The maximum absolute atomic E-state index is 15.1. The van der Waals surface area contributed by atoms with Gasteiger partial charge in [0.25, 0.3) is 0 Å². The highest BCUT2D eigenvalue weighted by Gasteiger charge is 2.42. The van der Waals surface area contributed by atoms with Gasteiger partial charge >= 0.3 is 6.11 Å². The van der Waals surface area contributed by atoms with Crippen molar-refractivity contribution in [3.63, 3.8) is 0 Å². The fourth-order valence-electron chi connectivity index (χ4n) is 5.91. The van der Waals surface area contributed by atoms with Gasteiger partial charge in [0.2, 0.25) is 0 Å². The minimum Gasteiger partial charge on any atom is -0.429 e. The SMILES string of the molecule is CC/C=C\CC1CCC(c2cc(F)c(C(F)(F)Oc3ccc(-c4ccc(-c5cc(F)c(F)c(F)c5)c(F)c4)c(F)c3)c(F)c2)CC1. The van der Waals surface area contributed by atoms with Crippen LogP contribution in [0.1, 0.15) is 62.5 Å². The highest BCUT2D eigenvalue weighted by Crippen LogP contribution is 2.41. The van der Waals surface area contributed by atoms with Crippen LogP contribution in [0.5, 0.6) is 5.75 Å². The fraction of sp³-hybridized carbons (Fsp3) is 0.278. The third kappa shape index (κ3) is 7.11. The molecule has 0 atom stereocenters. The van der Waals surface area contributed by atoms with E-state index in [2.05, 4.69) is 16.9 Å². The van der Waals surface area contributed by atoms with E-state index >= 15 is 13.2 Å². The van der Waals surface area contributed by atoms with Crippen LogP contribution in [0, 0.1) is 46.6 Å². The van der Waals surface area contributed by atoms with E-state index in [1.165, 1.54) is 6.07 Å². The van der Waals surface area contributed by atoms with Crippen LogP contribution < -0.4 is 4.74 Å². The number of allylic oxidation sites excluding steroid dienone is 2. The maximum Gasteiger partial charge on any atom is 0.432 e. The number of halogens is 9. The average Bonchev–Trinajstić information content (AvgIpc) is 2.99. The summed E-state index contributed by atoms with van der Waals surface area (Å²) in [5.74, 6) is -10.4. The largest absolute Gasteiger partial charge is 0.432 e. The van der Waals surface area contributed by atoms with Gasteiger partial charge in [0, 0.05) is 17.2 Å². The van der Waals surface area contributed by atoms with E-state index in [9.17, 15) is 26.3 Å². The first-order valence-electron chi connectivity index (χ1n) is 14.8. The maximum atomic E-state index is 15.1. The molecule has 1 saturated carbocycles. The van der Waals surface area contributed by atoms with Crippen molar-refractivity contribution in [3.8, 4) is 28.0 Å². The Hall–Kier alpha value is -4.21. The van der Waals surface area contributed by atoms with Gasteiger partial charge in [0.15, 0.2) is 17.5 Å². The van der Waals surface area contributed by atoms with Crippen molar-refractivity contribution in [1.29, 1.82) is 0 Å². The molecule has 0 bridgehead atoms. The van der Waals surface area contributed by atoms with Crippen LogP contribution in [0.2, 0.25) is 0 Å². The third-order valence-electron chi connectivity index (χ3n) is 8.31. The molecule has 4 aromatic rings. The first kappa shape index (κ1) is 33.2. The topological polar surface area (TPSA) is 9.23 Å². The van der Waals surface area contributed by atoms with Gasteiger partial charge in [0.1, 0.15) is 34.6 Å². The van der Waals surface area contributed by atoms with Crippen LogP contribution in [0.25, 0.3) is 22.3 Å². The van der Waals surface area contributed by atoms with Crippen molar-refractivity contribution in [3.05, 3.63) is 125 Å². The average molecular weight is 649 g/mol. The number of rotatable bonds is 9. The van der Waals surface area contributed by atoms with E-state index in [4.69, 9.17) is 0 Å². The summed E-state index contributed by atoms with van der Waals surface area (Å²) in [6.07, 6.45) is 4.66. The highest BCUT2D eigenvalue weighted by molar-refractivity contribution is 5.72. The van der Waals surface area contributed by atoms with Crippen molar-refractivity contribution < 1.29 is 44.3 Å². The number of hydrogen-bond donors (Lipinski definition) is 0. The van der Waals surface area contributed by atoms with E-state index in [-0.39, 0.29) is 28.2 Å². The summed E-state index contributed by atoms with van der Waals surface area (Å²) in [5.41, 5.74) is -2.24.